The Labute approximate surface area is 128 Å². The fourth-order valence-electron chi connectivity index (χ4n) is 2.46. The summed E-state index contributed by atoms with van der Waals surface area (Å²) in [6, 6.07) is 7.30. The molecule has 0 radical (unpaired) electrons. The van der Waals surface area contributed by atoms with Gasteiger partial charge >= 0.3 is 5.97 Å². The predicted molar refractivity (Wildman–Crippen MR) is 80.8 cm³/mol. The SMILES string of the molecule is COC(=O)C1=C(C)NC(=O)C[C@H]1C(=O)Nc1cccc(C)c1. The molecule has 0 bridgehead atoms. The van der Waals surface area contributed by atoms with Crippen LogP contribution in [0.5, 0.6) is 0 Å². The van der Waals surface area contributed by atoms with Gasteiger partial charge in [0.15, 0.2) is 0 Å². The molecule has 0 spiro atoms. The Balaban J connectivity index is 2.27. The third kappa shape index (κ3) is 3.33. The number of amides is 2. The molecule has 1 aromatic carbocycles. The van der Waals surface area contributed by atoms with Gasteiger partial charge in [-0.05, 0) is 31.5 Å². The quantitative estimate of drug-likeness (QED) is 0.829. The lowest BCUT2D eigenvalue weighted by Gasteiger charge is -2.25. The number of allylic oxidation sites excluding steroid dienone is 1. The predicted octanol–water partition coefficient (Wildman–Crippen LogP) is 1.52. The lowest BCUT2D eigenvalue weighted by atomic mass is 9.89. The first-order valence-electron chi connectivity index (χ1n) is 6.89. The normalized spacial score (nSPS) is 17.8. The number of hydrogen-bond acceptors (Lipinski definition) is 4. The molecule has 2 amide bonds. The molecule has 0 aliphatic carbocycles. The van der Waals surface area contributed by atoms with Crippen LogP contribution >= 0.6 is 0 Å². The van der Waals surface area contributed by atoms with E-state index in [-0.39, 0.29) is 17.9 Å². The number of ether oxygens (including phenoxy) is 1. The number of methoxy groups -OCH3 is 1. The number of carbonyl (C=O) groups is 3. The van der Waals surface area contributed by atoms with E-state index in [1.165, 1.54) is 7.11 Å². The smallest absolute Gasteiger partial charge is 0.336 e. The van der Waals surface area contributed by atoms with Crippen molar-refractivity contribution in [1.82, 2.24) is 5.32 Å². The molecule has 0 saturated carbocycles. The van der Waals surface area contributed by atoms with Gasteiger partial charge in [-0.25, -0.2) is 4.79 Å². The van der Waals surface area contributed by atoms with Crippen LogP contribution in [0.2, 0.25) is 0 Å². The molecule has 0 saturated heterocycles. The monoisotopic (exact) mass is 302 g/mol. The molecule has 22 heavy (non-hydrogen) atoms. The zero-order chi connectivity index (χ0) is 16.3. The Morgan fingerprint density at radius 2 is 2.05 bits per heavy atom. The van der Waals surface area contributed by atoms with Gasteiger partial charge in [0.2, 0.25) is 11.8 Å². The van der Waals surface area contributed by atoms with Crippen molar-refractivity contribution in [2.75, 3.05) is 12.4 Å². The van der Waals surface area contributed by atoms with E-state index in [0.29, 0.717) is 11.4 Å². The molecule has 1 heterocycles. The van der Waals surface area contributed by atoms with Gasteiger partial charge in [0, 0.05) is 17.8 Å². The number of carbonyl (C=O) groups excluding carboxylic acids is 3. The van der Waals surface area contributed by atoms with Crippen molar-refractivity contribution >= 4 is 23.5 Å². The van der Waals surface area contributed by atoms with Crippen LogP contribution in [0.25, 0.3) is 0 Å². The zero-order valence-corrected chi connectivity index (χ0v) is 12.7. The van der Waals surface area contributed by atoms with Crippen molar-refractivity contribution in [2.45, 2.75) is 20.3 Å². The minimum Gasteiger partial charge on any atom is -0.466 e. The van der Waals surface area contributed by atoms with Crippen LogP contribution in [-0.4, -0.2) is 24.9 Å². The maximum absolute atomic E-state index is 12.5. The van der Waals surface area contributed by atoms with Crippen LogP contribution in [0, 0.1) is 12.8 Å². The molecule has 1 aromatic rings. The second-order valence-electron chi connectivity index (χ2n) is 5.19. The maximum atomic E-state index is 12.5. The van der Waals surface area contributed by atoms with E-state index in [9.17, 15) is 14.4 Å². The summed E-state index contributed by atoms with van der Waals surface area (Å²) < 4.78 is 4.72. The van der Waals surface area contributed by atoms with Crippen molar-refractivity contribution in [1.29, 1.82) is 0 Å². The molecular weight excluding hydrogens is 284 g/mol. The minimum absolute atomic E-state index is 0.0839. The molecule has 2 rings (SSSR count). The van der Waals surface area contributed by atoms with E-state index in [1.807, 2.05) is 25.1 Å². The first-order chi connectivity index (χ1) is 10.4. The molecule has 0 fully saturated rings. The van der Waals surface area contributed by atoms with Crippen molar-refractivity contribution in [2.24, 2.45) is 5.92 Å². The number of hydrogen-bond donors (Lipinski definition) is 2. The Bertz CT molecular complexity index is 664. The molecule has 1 aliphatic rings. The van der Waals surface area contributed by atoms with Crippen LogP contribution in [0.4, 0.5) is 5.69 Å². The average molecular weight is 302 g/mol. The summed E-state index contributed by atoms with van der Waals surface area (Å²) in [6.45, 7) is 3.49. The fraction of sp³-hybridized carbons (Fsp3) is 0.312. The Hall–Kier alpha value is -2.63. The van der Waals surface area contributed by atoms with Crippen LogP contribution in [0.1, 0.15) is 18.9 Å². The number of esters is 1. The lowest BCUT2D eigenvalue weighted by molar-refractivity contribution is -0.139. The van der Waals surface area contributed by atoms with Crippen molar-refractivity contribution < 1.29 is 19.1 Å². The van der Waals surface area contributed by atoms with Crippen LogP contribution < -0.4 is 10.6 Å². The molecule has 2 N–H and O–H groups in total. The average Bonchev–Trinajstić information content (AvgIpc) is 2.45. The van der Waals surface area contributed by atoms with Gasteiger partial charge in [-0.2, -0.15) is 0 Å². The highest BCUT2D eigenvalue weighted by molar-refractivity contribution is 6.06. The number of anilines is 1. The third-order valence-corrected chi connectivity index (χ3v) is 3.48. The third-order valence-electron chi connectivity index (χ3n) is 3.48. The van der Waals surface area contributed by atoms with E-state index in [1.54, 1.807) is 13.0 Å². The Kier molecular flexibility index (Phi) is 4.60. The van der Waals surface area contributed by atoms with Crippen LogP contribution in [0.15, 0.2) is 35.5 Å². The second kappa shape index (κ2) is 6.43. The van der Waals surface area contributed by atoms with E-state index in [0.717, 1.165) is 5.56 Å². The van der Waals surface area contributed by atoms with Gasteiger partial charge < -0.3 is 15.4 Å². The Morgan fingerprint density at radius 1 is 1.32 bits per heavy atom. The number of nitrogens with one attached hydrogen (secondary N) is 2. The van der Waals surface area contributed by atoms with Gasteiger partial charge in [-0.1, -0.05) is 12.1 Å². The molecule has 1 atom stereocenters. The molecule has 1 aliphatic heterocycles. The molecule has 6 nitrogen and oxygen atoms in total. The summed E-state index contributed by atoms with van der Waals surface area (Å²) in [5, 5.41) is 5.30. The lowest BCUT2D eigenvalue weighted by Crippen LogP contribution is -2.40. The van der Waals surface area contributed by atoms with Crippen molar-refractivity contribution in [3.8, 4) is 0 Å². The van der Waals surface area contributed by atoms with E-state index in [2.05, 4.69) is 10.6 Å². The molecule has 0 unspecified atom stereocenters. The van der Waals surface area contributed by atoms with Gasteiger partial charge in [-0.3, -0.25) is 9.59 Å². The second-order valence-corrected chi connectivity index (χ2v) is 5.19. The number of rotatable bonds is 3. The van der Waals surface area contributed by atoms with E-state index in [4.69, 9.17) is 4.74 Å². The summed E-state index contributed by atoms with van der Waals surface area (Å²) in [5.41, 5.74) is 2.16. The van der Waals surface area contributed by atoms with Crippen molar-refractivity contribution in [3.05, 3.63) is 41.1 Å². The molecule has 6 heteroatoms. The highest BCUT2D eigenvalue weighted by Crippen LogP contribution is 2.25. The maximum Gasteiger partial charge on any atom is 0.336 e. The Morgan fingerprint density at radius 3 is 2.68 bits per heavy atom. The van der Waals surface area contributed by atoms with Gasteiger partial charge in [0.1, 0.15) is 0 Å². The summed E-state index contributed by atoms with van der Waals surface area (Å²) in [4.78, 5) is 36.0. The van der Waals surface area contributed by atoms with Crippen LogP contribution in [0.3, 0.4) is 0 Å². The first kappa shape index (κ1) is 15.8. The highest BCUT2D eigenvalue weighted by atomic mass is 16.5. The highest BCUT2D eigenvalue weighted by Gasteiger charge is 2.36. The van der Waals surface area contributed by atoms with Gasteiger partial charge in [-0.15, -0.1) is 0 Å². The number of benzene rings is 1. The summed E-state index contributed by atoms with van der Waals surface area (Å²) in [5.74, 6) is -2.17. The standard InChI is InChI=1S/C16H18N2O4/c1-9-5-4-6-11(7-9)18-15(20)12-8-13(19)17-10(2)14(12)16(21)22-3/h4-7,12H,8H2,1-3H3,(H,17,19)(H,18,20)/t12-/m1/s1. The first-order valence-corrected chi connectivity index (χ1v) is 6.89. The van der Waals surface area contributed by atoms with Gasteiger partial charge in [0.05, 0.1) is 18.6 Å². The topological polar surface area (TPSA) is 84.5 Å². The van der Waals surface area contributed by atoms with Gasteiger partial charge in [0.25, 0.3) is 0 Å². The van der Waals surface area contributed by atoms with Crippen molar-refractivity contribution in [3.63, 3.8) is 0 Å². The largest absolute Gasteiger partial charge is 0.466 e. The zero-order valence-electron chi connectivity index (χ0n) is 12.7. The molecule has 116 valence electrons. The number of aryl methyl sites for hydroxylation is 1. The molecule has 0 aromatic heterocycles. The summed E-state index contributed by atoms with van der Waals surface area (Å²) >= 11 is 0. The molecular formula is C16H18N2O4. The fourth-order valence-corrected chi connectivity index (χ4v) is 2.46. The van der Waals surface area contributed by atoms with E-state index < -0.39 is 17.8 Å². The summed E-state index contributed by atoms with van der Waals surface area (Å²) in [7, 11) is 1.24. The minimum atomic E-state index is -0.860. The summed E-state index contributed by atoms with van der Waals surface area (Å²) in [6.07, 6.45) is -0.0839. The van der Waals surface area contributed by atoms with E-state index >= 15 is 0 Å². The van der Waals surface area contributed by atoms with Crippen LogP contribution in [-0.2, 0) is 19.1 Å².